The molecular weight excluding hydrogens is 324 g/mol. The van der Waals surface area contributed by atoms with E-state index < -0.39 is 12.6 Å². The molecule has 1 heterocycles. The van der Waals surface area contributed by atoms with Crippen LogP contribution in [0.4, 0.5) is 5.69 Å². The molecule has 0 atom stereocenters. The number of carbonyl (C=O) groups excluding carboxylic acids is 2. The van der Waals surface area contributed by atoms with Crippen molar-refractivity contribution >= 4 is 23.3 Å². The summed E-state index contributed by atoms with van der Waals surface area (Å²) in [5.41, 5.74) is 2.96. The second kappa shape index (κ2) is 6.80. The Balaban J connectivity index is 1.78. The van der Waals surface area contributed by atoms with Crippen LogP contribution in [0.1, 0.15) is 44.9 Å². The average Bonchev–Trinajstić information content (AvgIpc) is 2.92. The molecule has 1 aromatic carbocycles. The van der Waals surface area contributed by atoms with Gasteiger partial charge >= 0.3 is 5.97 Å². The van der Waals surface area contributed by atoms with E-state index in [1.165, 1.54) is 0 Å². The van der Waals surface area contributed by atoms with Crippen molar-refractivity contribution in [3.8, 4) is 5.75 Å². The molecule has 1 aliphatic carbocycles. The van der Waals surface area contributed by atoms with Gasteiger partial charge in [0.15, 0.2) is 12.4 Å². The molecule has 3 rings (SSSR count). The number of carboxylic acids is 1. The Hall–Kier alpha value is -3.09. The van der Waals surface area contributed by atoms with E-state index in [-0.39, 0.29) is 11.7 Å². The van der Waals surface area contributed by atoms with Crippen molar-refractivity contribution in [1.82, 2.24) is 4.98 Å². The van der Waals surface area contributed by atoms with Crippen LogP contribution in [-0.4, -0.2) is 34.4 Å². The first kappa shape index (κ1) is 16.8. The molecule has 7 nitrogen and oxygen atoms in total. The maximum Gasteiger partial charge on any atom is 0.341 e. The van der Waals surface area contributed by atoms with Crippen LogP contribution in [0.5, 0.6) is 5.75 Å². The number of aryl methyl sites for hydroxylation is 1. The molecule has 2 aromatic rings. The first-order chi connectivity index (χ1) is 12.0. The van der Waals surface area contributed by atoms with E-state index in [0.717, 1.165) is 18.5 Å². The van der Waals surface area contributed by atoms with Crippen LogP contribution in [0, 0.1) is 6.92 Å². The minimum Gasteiger partial charge on any atom is -0.482 e. The summed E-state index contributed by atoms with van der Waals surface area (Å²) in [5.74, 6) is -1.02. The van der Waals surface area contributed by atoms with E-state index in [1.54, 1.807) is 31.2 Å². The summed E-state index contributed by atoms with van der Waals surface area (Å²) in [5, 5.41) is 11.4. The van der Waals surface area contributed by atoms with Gasteiger partial charge in [-0.3, -0.25) is 9.59 Å². The normalized spacial score (nSPS) is 13.2. The van der Waals surface area contributed by atoms with Crippen LogP contribution >= 0.6 is 0 Å². The number of carboxylic acid groups (broad SMARTS) is 1. The number of amides is 1. The Morgan fingerprint density at radius 3 is 2.84 bits per heavy atom. The predicted molar refractivity (Wildman–Crippen MR) is 90.3 cm³/mol. The van der Waals surface area contributed by atoms with Crippen molar-refractivity contribution in [2.24, 2.45) is 0 Å². The number of aliphatic carboxylic acids is 1. The molecule has 0 radical (unpaired) electrons. The number of aromatic amines is 1. The number of anilines is 1. The molecule has 130 valence electrons. The van der Waals surface area contributed by atoms with Gasteiger partial charge in [-0.15, -0.1) is 0 Å². The summed E-state index contributed by atoms with van der Waals surface area (Å²) in [6, 6.07) is 6.48. The lowest BCUT2D eigenvalue weighted by molar-refractivity contribution is -0.139. The van der Waals surface area contributed by atoms with Gasteiger partial charge in [-0.25, -0.2) is 4.79 Å². The molecule has 1 aromatic heterocycles. The second-order valence-corrected chi connectivity index (χ2v) is 5.92. The number of H-pyrrole nitrogens is 1. The van der Waals surface area contributed by atoms with Gasteiger partial charge in [0.2, 0.25) is 0 Å². The number of Topliss-reactive ketones (excluding diaryl/α,β-unsaturated/α-hetero) is 1. The third-order valence-corrected chi connectivity index (χ3v) is 4.12. The van der Waals surface area contributed by atoms with E-state index >= 15 is 0 Å². The number of ketones is 1. The molecule has 0 spiro atoms. The molecule has 0 saturated heterocycles. The van der Waals surface area contributed by atoms with Crippen molar-refractivity contribution < 1.29 is 24.2 Å². The fraction of sp³-hybridized carbons (Fsp3) is 0.278. The lowest BCUT2D eigenvalue weighted by atomic mass is 9.94. The molecule has 3 N–H and O–H groups in total. The number of nitrogens with one attached hydrogen (secondary N) is 2. The molecule has 0 fully saturated rings. The van der Waals surface area contributed by atoms with Gasteiger partial charge in [-0.05, 0) is 37.5 Å². The van der Waals surface area contributed by atoms with Gasteiger partial charge in [0.05, 0.1) is 0 Å². The predicted octanol–water partition coefficient (Wildman–Crippen LogP) is 2.56. The topological polar surface area (TPSA) is 108 Å². The molecule has 1 amide bonds. The highest BCUT2D eigenvalue weighted by molar-refractivity contribution is 6.08. The largest absolute Gasteiger partial charge is 0.482 e. The summed E-state index contributed by atoms with van der Waals surface area (Å²) < 4.78 is 5.10. The minimum absolute atomic E-state index is 0.0677. The highest BCUT2D eigenvalue weighted by Gasteiger charge is 2.26. The number of hydrogen-bond acceptors (Lipinski definition) is 4. The quantitative estimate of drug-likeness (QED) is 0.774. The van der Waals surface area contributed by atoms with Gasteiger partial charge in [-0.1, -0.05) is 6.07 Å². The van der Waals surface area contributed by atoms with E-state index in [0.29, 0.717) is 34.7 Å². The van der Waals surface area contributed by atoms with E-state index in [2.05, 4.69) is 10.3 Å². The first-order valence-electron chi connectivity index (χ1n) is 7.96. The van der Waals surface area contributed by atoms with Crippen molar-refractivity contribution in [2.45, 2.75) is 26.2 Å². The van der Waals surface area contributed by atoms with Crippen LogP contribution < -0.4 is 10.1 Å². The van der Waals surface area contributed by atoms with Gasteiger partial charge < -0.3 is 20.1 Å². The van der Waals surface area contributed by atoms with E-state index in [4.69, 9.17) is 9.84 Å². The van der Waals surface area contributed by atoms with Crippen LogP contribution in [0.3, 0.4) is 0 Å². The first-order valence-corrected chi connectivity index (χ1v) is 7.96. The number of aromatic nitrogens is 1. The van der Waals surface area contributed by atoms with Gasteiger partial charge in [-0.2, -0.15) is 0 Å². The van der Waals surface area contributed by atoms with Crippen molar-refractivity contribution in [2.75, 3.05) is 11.9 Å². The average molecular weight is 342 g/mol. The van der Waals surface area contributed by atoms with Crippen molar-refractivity contribution in [3.05, 3.63) is 46.8 Å². The molecule has 7 heteroatoms. The molecule has 25 heavy (non-hydrogen) atoms. The second-order valence-electron chi connectivity index (χ2n) is 5.92. The van der Waals surface area contributed by atoms with Crippen molar-refractivity contribution in [3.63, 3.8) is 0 Å². The lowest BCUT2D eigenvalue weighted by Crippen LogP contribution is -2.14. The summed E-state index contributed by atoms with van der Waals surface area (Å²) in [4.78, 5) is 38.2. The Labute approximate surface area is 144 Å². The molecule has 0 aliphatic heterocycles. The van der Waals surface area contributed by atoms with Gasteiger partial charge in [0, 0.05) is 29.4 Å². The number of benzene rings is 1. The molecular formula is C18H18N2O5. The standard InChI is InChI=1S/C18H18N2O5/c1-10-16-13(6-3-7-14(16)21)20-17(10)18(24)19-11-4-2-5-12(8-11)25-9-15(22)23/h2,4-5,8,20H,3,6-7,9H2,1H3,(H,19,24)(H,22,23). The Kier molecular flexibility index (Phi) is 4.56. The molecule has 1 aliphatic rings. The van der Waals surface area contributed by atoms with Gasteiger partial charge in [0.25, 0.3) is 5.91 Å². The summed E-state index contributed by atoms with van der Waals surface area (Å²) in [6.07, 6.45) is 2.05. The highest BCUT2D eigenvalue weighted by atomic mass is 16.5. The van der Waals surface area contributed by atoms with Crippen LogP contribution in [0.25, 0.3) is 0 Å². The fourth-order valence-corrected chi connectivity index (χ4v) is 3.00. The maximum atomic E-state index is 12.5. The summed E-state index contributed by atoms with van der Waals surface area (Å²) in [6.45, 7) is 1.31. The van der Waals surface area contributed by atoms with Gasteiger partial charge in [0.1, 0.15) is 11.4 Å². The van der Waals surface area contributed by atoms with E-state index in [1.807, 2.05) is 0 Å². The summed E-state index contributed by atoms with van der Waals surface area (Å²) in [7, 11) is 0. The SMILES string of the molecule is Cc1c(C(=O)Nc2cccc(OCC(=O)O)c2)[nH]c2c1C(=O)CCC2. The minimum atomic E-state index is -1.08. The third-order valence-electron chi connectivity index (χ3n) is 4.12. The maximum absolute atomic E-state index is 12.5. The molecule has 0 saturated carbocycles. The smallest absolute Gasteiger partial charge is 0.341 e. The molecule has 0 unspecified atom stereocenters. The lowest BCUT2D eigenvalue weighted by Gasteiger charge is -2.09. The van der Waals surface area contributed by atoms with Crippen molar-refractivity contribution in [1.29, 1.82) is 0 Å². The summed E-state index contributed by atoms with van der Waals surface area (Å²) >= 11 is 0. The zero-order valence-electron chi connectivity index (χ0n) is 13.7. The Morgan fingerprint density at radius 1 is 1.32 bits per heavy atom. The number of carbonyl (C=O) groups is 3. The fourth-order valence-electron chi connectivity index (χ4n) is 3.00. The number of rotatable bonds is 5. The van der Waals surface area contributed by atoms with E-state index in [9.17, 15) is 14.4 Å². The molecule has 0 bridgehead atoms. The third kappa shape index (κ3) is 3.55. The number of fused-ring (bicyclic) bond motifs is 1. The monoisotopic (exact) mass is 342 g/mol. The highest BCUT2D eigenvalue weighted by Crippen LogP contribution is 2.27. The zero-order chi connectivity index (χ0) is 18.0. The zero-order valence-corrected chi connectivity index (χ0v) is 13.7. The van der Waals surface area contributed by atoms with Crippen LogP contribution in [-0.2, 0) is 11.2 Å². The van der Waals surface area contributed by atoms with Crippen LogP contribution in [0.15, 0.2) is 24.3 Å². The number of ether oxygens (including phenoxy) is 1. The Bertz CT molecular complexity index is 853. The Morgan fingerprint density at radius 2 is 2.12 bits per heavy atom. The number of hydrogen-bond donors (Lipinski definition) is 3. The van der Waals surface area contributed by atoms with Crippen LogP contribution in [0.2, 0.25) is 0 Å².